The lowest BCUT2D eigenvalue weighted by atomic mass is 9.81. The Morgan fingerprint density at radius 3 is 2.34 bits per heavy atom. The van der Waals surface area contributed by atoms with Gasteiger partial charge in [0.1, 0.15) is 17.3 Å². The molecule has 4 aromatic rings. The minimum absolute atomic E-state index is 0.00631. The molecule has 5 amide bonds. The van der Waals surface area contributed by atoms with Crippen molar-refractivity contribution < 1.29 is 28.7 Å². The highest BCUT2D eigenvalue weighted by Crippen LogP contribution is 2.29. The Morgan fingerprint density at radius 1 is 0.982 bits per heavy atom. The third kappa shape index (κ3) is 10.5. The molecular weight excluding hydrogens is 717 g/mol. The maximum Gasteiger partial charge on any atom is 0.407 e. The van der Waals surface area contributed by atoms with E-state index >= 15 is 0 Å². The number of amides is 5. The van der Waals surface area contributed by atoms with Gasteiger partial charge in [0.05, 0.1) is 6.54 Å². The number of alkyl carbamates (subject to hydrolysis) is 1. The Balaban J connectivity index is 1.11. The summed E-state index contributed by atoms with van der Waals surface area (Å²) >= 11 is 0. The van der Waals surface area contributed by atoms with Gasteiger partial charge in [-0.15, -0.1) is 5.10 Å². The predicted molar refractivity (Wildman–Crippen MR) is 207 cm³/mol. The molecule has 2 fully saturated rings. The Bertz CT molecular complexity index is 2020. The van der Waals surface area contributed by atoms with Crippen LogP contribution in [0.1, 0.15) is 68.1 Å². The fourth-order valence-electron chi connectivity index (χ4n) is 6.90. The van der Waals surface area contributed by atoms with Crippen molar-refractivity contribution in [1.82, 2.24) is 46.5 Å². The molecule has 0 radical (unpaired) electrons. The van der Waals surface area contributed by atoms with Crippen LogP contribution in [0.3, 0.4) is 0 Å². The number of tetrazole rings is 1. The number of H-pyrrole nitrogens is 1. The maximum absolute atomic E-state index is 13.8. The van der Waals surface area contributed by atoms with Crippen LogP contribution in [0.2, 0.25) is 0 Å². The topological polar surface area (TPSA) is 213 Å². The summed E-state index contributed by atoms with van der Waals surface area (Å²) < 4.78 is 5.35. The molecule has 2 aromatic heterocycles. The van der Waals surface area contributed by atoms with Crippen molar-refractivity contribution in [3.05, 3.63) is 77.6 Å². The zero-order valence-electron chi connectivity index (χ0n) is 32.1. The monoisotopic (exact) mass is 764 g/mol. The third-order valence-electron chi connectivity index (χ3n) is 9.92. The van der Waals surface area contributed by atoms with Crippen molar-refractivity contribution in [1.29, 1.82) is 0 Å². The normalized spacial score (nSPS) is 17.6. The predicted octanol–water partition coefficient (Wildman–Crippen LogP) is 3.81. The quantitative estimate of drug-likeness (QED) is 0.149. The molecule has 1 aliphatic carbocycles. The number of pyridine rings is 1. The first-order valence-electron chi connectivity index (χ1n) is 18.9. The highest BCUT2D eigenvalue weighted by molar-refractivity contribution is 5.98. The molecule has 1 atom stereocenters. The molecule has 5 N–H and O–H groups in total. The van der Waals surface area contributed by atoms with Crippen molar-refractivity contribution in [3.63, 3.8) is 0 Å². The molecule has 0 bridgehead atoms. The highest BCUT2D eigenvalue weighted by Gasteiger charge is 2.31. The van der Waals surface area contributed by atoms with E-state index in [-0.39, 0.29) is 54.1 Å². The first-order chi connectivity index (χ1) is 26.8. The van der Waals surface area contributed by atoms with E-state index in [9.17, 15) is 24.0 Å². The number of carbonyl (C=O) groups is 5. The Labute approximate surface area is 324 Å². The van der Waals surface area contributed by atoms with E-state index in [0.717, 1.165) is 40.7 Å². The lowest BCUT2D eigenvalue weighted by molar-refractivity contribution is -0.130. The van der Waals surface area contributed by atoms with Crippen molar-refractivity contribution in [2.45, 2.75) is 71.4 Å². The van der Waals surface area contributed by atoms with E-state index in [1.54, 1.807) is 36.5 Å². The van der Waals surface area contributed by atoms with Gasteiger partial charge in [0.15, 0.2) is 5.82 Å². The number of hydrogen-bond donors (Lipinski definition) is 5. The van der Waals surface area contributed by atoms with E-state index in [0.29, 0.717) is 44.0 Å². The first-order valence-corrected chi connectivity index (χ1v) is 18.9. The summed E-state index contributed by atoms with van der Waals surface area (Å²) in [5, 5.41) is 25.4. The molecule has 1 saturated heterocycles. The summed E-state index contributed by atoms with van der Waals surface area (Å²) in [5.41, 5.74) is 4.39. The number of aromatic amines is 1. The minimum Gasteiger partial charge on any atom is -0.444 e. The molecule has 6 rings (SSSR count). The van der Waals surface area contributed by atoms with E-state index in [4.69, 9.17) is 4.74 Å². The number of anilines is 1. The summed E-state index contributed by atoms with van der Waals surface area (Å²) in [4.78, 5) is 70.3. The molecule has 294 valence electrons. The largest absolute Gasteiger partial charge is 0.444 e. The number of aryl methyl sites for hydroxylation is 1. The number of piperazine rings is 1. The van der Waals surface area contributed by atoms with Crippen LogP contribution in [0.4, 0.5) is 10.5 Å². The number of benzene rings is 2. The summed E-state index contributed by atoms with van der Waals surface area (Å²) in [7, 11) is 0. The number of ether oxygens (including phenoxy) is 1. The number of nitrogens with zero attached hydrogens (tertiary/aromatic N) is 5. The molecule has 16 heteroatoms. The summed E-state index contributed by atoms with van der Waals surface area (Å²) in [5.74, 6) is -0.571. The van der Waals surface area contributed by atoms with Gasteiger partial charge in [-0.3, -0.25) is 24.2 Å². The van der Waals surface area contributed by atoms with E-state index in [1.165, 1.54) is 4.90 Å². The zero-order valence-corrected chi connectivity index (χ0v) is 32.1. The third-order valence-corrected chi connectivity index (χ3v) is 9.92. The Hall–Kier alpha value is -6.19. The molecule has 16 nitrogen and oxygen atoms in total. The van der Waals surface area contributed by atoms with Crippen molar-refractivity contribution in [2.75, 3.05) is 31.5 Å². The molecule has 0 spiro atoms. The molecule has 2 aromatic carbocycles. The number of carbonyl (C=O) groups excluding carboxylic acids is 5. The molecule has 1 saturated carbocycles. The lowest BCUT2D eigenvalue weighted by Gasteiger charge is -2.29. The highest BCUT2D eigenvalue weighted by atomic mass is 16.6. The number of rotatable bonds is 11. The smallest absolute Gasteiger partial charge is 0.407 e. The number of nitrogens with one attached hydrogen (secondary N) is 5. The van der Waals surface area contributed by atoms with E-state index < -0.39 is 17.7 Å². The van der Waals surface area contributed by atoms with Crippen LogP contribution in [0.15, 0.2) is 60.8 Å². The Morgan fingerprint density at radius 2 is 1.70 bits per heavy atom. The fourth-order valence-corrected chi connectivity index (χ4v) is 6.90. The first kappa shape index (κ1) is 39.5. The van der Waals surface area contributed by atoms with Gasteiger partial charge < -0.3 is 30.9 Å². The van der Waals surface area contributed by atoms with Gasteiger partial charge >= 0.3 is 6.09 Å². The fraction of sp³-hybridized carbons (Fsp3) is 0.425. The van der Waals surface area contributed by atoms with E-state index in [1.807, 2.05) is 52.0 Å². The zero-order chi connectivity index (χ0) is 39.8. The van der Waals surface area contributed by atoms with Crippen LogP contribution in [0, 0.1) is 18.8 Å². The lowest BCUT2D eigenvalue weighted by Crippen LogP contribution is -2.50. The summed E-state index contributed by atoms with van der Waals surface area (Å²) in [6.45, 7) is 8.68. The van der Waals surface area contributed by atoms with Gasteiger partial charge in [0.25, 0.3) is 5.91 Å². The van der Waals surface area contributed by atoms with Crippen LogP contribution < -0.4 is 21.3 Å². The molecule has 56 heavy (non-hydrogen) atoms. The van der Waals surface area contributed by atoms with Crippen LogP contribution in [-0.2, 0) is 25.5 Å². The van der Waals surface area contributed by atoms with Crippen LogP contribution in [0.25, 0.3) is 22.5 Å². The second-order valence-corrected chi connectivity index (χ2v) is 15.3. The second kappa shape index (κ2) is 17.5. The van der Waals surface area contributed by atoms with Gasteiger partial charge in [0, 0.05) is 55.0 Å². The molecule has 1 aliphatic heterocycles. The maximum atomic E-state index is 13.8. The molecular formula is C40H48N10O6. The molecule has 2 aliphatic rings. The average molecular weight is 765 g/mol. The van der Waals surface area contributed by atoms with Crippen molar-refractivity contribution in [3.8, 4) is 22.5 Å². The van der Waals surface area contributed by atoms with Crippen LogP contribution in [-0.4, -0.2) is 98.1 Å². The van der Waals surface area contributed by atoms with Gasteiger partial charge in [-0.1, -0.05) is 24.3 Å². The van der Waals surface area contributed by atoms with Crippen molar-refractivity contribution in [2.24, 2.45) is 11.8 Å². The van der Waals surface area contributed by atoms with Gasteiger partial charge in [-0.05, 0) is 117 Å². The summed E-state index contributed by atoms with van der Waals surface area (Å²) in [6, 6.07) is 15.6. The minimum atomic E-state index is -0.872. The van der Waals surface area contributed by atoms with Gasteiger partial charge in [-0.2, -0.15) is 0 Å². The number of aromatic nitrogens is 5. The Kier molecular flexibility index (Phi) is 12.4. The van der Waals surface area contributed by atoms with Gasteiger partial charge in [-0.25, -0.2) is 9.89 Å². The number of hydrogen-bond acceptors (Lipinski definition) is 10. The van der Waals surface area contributed by atoms with Crippen LogP contribution in [0.5, 0.6) is 0 Å². The summed E-state index contributed by atoms with van der Waals surface area (Å²) in [6.07, 6.45) is 4.24. The second-order valence-electron chi connectivity index (χ2n) is 15.3. The van der Waals surface area contributed by atoms with Gasteiger partial charge in [0.2, 0.25) is 17.7 Å². The van der Waals surface area contributed by atoms with E-state index in [2.05, 4.69) is 46.9 Å². The average Bonchev–Trinajstić information content (AvgIpc) is 3.72. The van der Waals surface area contributed by atoms with Crippen LogP contribution >= 0.6 is 0 Å². The molecule has 3 heterocycles. The van der Waals surface area contributed by atoms with Crippen molar-refractivity contribution >= 4 is 35.4 Å². The SMILES string of the molecule is Cc1cc(C(=O)N2CCNC(=O)C2)ncc1-c1ccc(C[C@H](NC(=O)[C@H]2CC[C@H](CNC(=O)OC(C)(C)C)CC2)C(=O)Nc2ccc(-c3nnn[nH]3)cc2)cc1. The standard InChI is InChI=1S/C40H48N10O6/c1-24-19-33(38(54)50-18-17-41-34(51)23-50)42-22-31(24)27-9-5-25(6-10-27)20-32(37(53)44-30-15-13-28(14-16-30)35-46-48-49-47-35)45-36(52)29-11-7-26(8-12-29)21-43-39(55)56-40(2,3)4/h5-6,9-10,13-16,19,22,26,29,32H,7-8,11-12,17-18,20-21,23H2,1-4H3,(H,41,51)(H,43,55)(H,44,53)(H,45,52)(H,46,47,48,49)/t26-,29-,32-/m0/s1. The molecule has 0 unspecified atom stereocenters.